The molecule has 0 radical (unpaired) electrons. The van der Waals surface area contributed by atoms with E-state index in [0.717, 1.165) is 31.7 Å². The Morgan fingerprint density at radius 1 is 1.50 bits per heavy atom. The molecule has 1 heterocycles. The molecule has 2 rings (SSSR count). The first-order valence-corrected chi connectivity index (χ1v) is 6.59. The molecule has 1 aliphatic rings. The van der Waals surface area contributed by atoms with Crippen molar-refractivity contribution in [3.05, 3.63) is 23.4 Å². The number of hydrogen-bond acceptors (Lipinski definition) is 4. The number of aromatic nitrogens is 1. The van der Waals surface area contributed by atoms with Gasteiger partial charge in [0.25, 0.3) is 0 Å². The summed E-state index contributed by atoms with van der Waals surface area (Å²) >= 11 is 0. The van der Waals surface area contributed by atoms with Crippen LogP contribution in [0.3, 0.4) is 0 Å². The molecule has 1 aliphatic carbocycles. The Kier molecular flexibility index (Phi) is 4.19. The molecule has 1 saturated carbocycles. The lowest BCUT2D eigenvalue weighted by Crippen LogP contribution is -2.37. The summed E-state index contributed by atoms with van der Waals surface area (Å²) in [5.41, 5.74) is 2.43. The number of anilines is 1. The van der Waals surface area contributed by atoms with Gasteiger partial charge in [-0.15, -0.1) is 0 Å². The maximum absolute atomic E-state index is 9.31. The van der Waals surface area contributed by atoms with Crippen LogP contribution in [0.15, 0.2) is 12.3 Å². The highest BCUT2D eigenvalue weighted by molar-refractivity contribution is 5.46. The lowest BCUT2D eigenvalue weighted by molar-refractivity contribution is 0.0464. The summed E-state index contributed by atoms with van der Waals surface area (Å²) < 4.78 is 0. The van der Waals surface area contributed by atoms with E-state index in [9.17, 15) is 5.11 Å². The van der Waals surface area contributed by atoms with Crippen LogP contribution >= 0.6 is 0 Å². The largest absolute Gasteiger partial charge is 0.393 e. The number of aliphatic hydroxyl groups excluding tert-OH is 1. The van der Waals surface area contributed by atoms with Gasteiger partial charge in [0.1, 0.15) is 5.82 Å². The van der Waals surface area contributed by atoms with E-state index in [2.05, 4.69) is 35.2 Å². The van der Waals surface area contributed by atoms with Gasteiger partial charge in [0, 0.05) is 26.3 Å². The van der Waals surface area contributed by atoms with Gasteiger partial charge in [0.2, 0.25) is 0 Å². The van der Waals surface area contributed by atoms with E-state index >= 15 is 0 Å². The van der Waals surface area contributed by atoms with Gasteiger partial charge in [-0.2, -0.15) is 0 Å². The van der Waals surface area contributed by atoms with Gasteiger partial charge >= 0.3 is 0 Å². The third kappa shape index (κ3) is 3.00. The summed E-state index contributed by atoms with van der Waals surface area (Å²) in [4.78, 5) is 6.75. The first-order valence-electron chi connectivity index (χ1n) is 6.59. The van der Waals surface area contributed by atoms with Crippen LogP contribution in [0.25, 0.3) is 0 Å². The number of pyridine rings is 1. The van der Waals surface area contributed by atoms with Crippen molar-refractivity contribution in [1.82, 2.24) is 10.3 Å². The normalized spacial score (nSPS) is 22.7. The number of aliphatic hydroxyl groups is 1. The molecule has 100 valence electrons. The maximum Gasteiger partial charge on any atom is 0.131 e. The zero-order valence-corrected chi connectivity index (χ0v) is 11.5. The molecule has 0 atom stereocenters. The number of aryl methyl sites for hydroxylation is 1. The van der Waals surface area contributed by atoms with Crippen molar-refractivity contribution in [1.29, 1.82) is 0 Å². The predicted molar refractivity (Wildman–Crippen MR) is 73.7 cm³/mol. The second kappa shape index (κ2) is 5.67. The number of nitrogens with zero attached hydrogens (tertiary/aromatic N) is 2. The van der Waals surface area contributed by atoms with Crippen molar-refractivity contribution in [2.24, 2.45) is 5.92 Å². The van der Waals surface area contributed by atoms with Crippen LogP contribution in [-0.2, 0) is 6.54 Å². The van der Waals surface area contributed by atoms with E-state index in [1.165, 1.54) is 11.1 Å². The van der Waals surface area contributed by atoms with Crippen molar-refractivity contribution >= 4 is 5.82 Å². The lowest BCUT2D eigenvalue weighted by Gasteiger charge is -2.35. The molecule has 4 nitrogen and oxygen atoms in total. The van der Waals surface area contributed by atoms with Crippen LogP contribution in [0.4, 0.5) is 5.82 Å². The molecule has 1 fully saturated rings. The SMILES string of the molecule is CNCc1cnc(N(C)CC2CC(O)C2)c(C)c1. The van der Waals surface area contributed by atoms with Gasteiger partial charge < -0.3 is 15.3 Å². The standard InChI is InChI=1S/C14H23N3O/c1-10-4-12(7-15-2)8-16-14(10)17(3)9-11-5-13(18)6-11/h4,8,11,13,15,18H,5-7,9H2,1-3H3. The number of hydrogen-bond donors (Lipinski definition) is 2. The van der Waals surface area contributed by atoms with Gasteiger partial charge in [0.05, 0.1) is 6.10 Å². The molecular weight excluding hydrogens is 226 g/mol. The van der Waals surface area contributed by atoms with Gasteiger partial charge in [-0.25, -0.2) is 4.98 Å². The van der Waals surface area contributed by atoms with Crippen molar-refractivity contribution in [3.63, 3.8) is 0 Å². The molecule has 0 aliphatic heterocycles. The Labute approximate surface area is 109 Å². The quantitative estimate of drug-likeness (QED) is 0.826. The van der Waals surface area contributed by atoms with Crippen LogP contribution in [0, 0.1) is 12.8 Å². The Hall–Kier alpha value is -1.13. The predicted octanol–water partition coefficient (Wildman–Crippen LogP) is 1.32. The van der Waals surface area contributed by atoms with Gasteiger partial charge in [0.15, 0.2) is 0 Å². The molecule has 0 spiro atoms. The average Bonchev–Trinajstić information content (AvgIpc) is 2.27. The summed E-state index contributed by atoms with van der Waals surface area (Å²) in [6.45, 7) is 3.94. The fourth-order valence-corrected chi connectivity index (χ4v) is 2.65. The monoisotopic (exact) mass is 249 g/mol. The molecule has 2 N–H and O–H groups in total. The molecule has 0 unspecified atom stereocenters. The van der Waals surface area contributed by atoms with Crippen LogP contribution in [-0.4, -0.2) is 36.8 Å². The first-order chi connectivity index (χ1) is 8.60. The minimum absolute atomic E-state index is 0.0736. The zero-order chi connectivity index (χ0) is 13.1. The van der Waals surface area contributed by atoms with Gasteiger partial charge in [-0.1, -0.05) is 0 Å². The summed E-state index contributed by atoms with van der Waals surface area (Å²) in [6, 6.07) is 2.19. The molecule has 1 aromatic rings. The second-order valence-electron chi connectivity index (χ2n) is 5.39. The zero-order valence-electron chi connectivity index (χ0n) is 11.5. The minimum atomic E-state index is -0.0736. The number of nitrogens with one attached hydrogen (secondary N) is 1. The first kappa shape index (κ1) is 13.3. The summed E-state index contributed by atoms with van der Waals surface area (Å²) in [5.74, 6) is 1.67. The molecule has 0 bridgehead atoms. The van der Waals surface area contributed by atoms with Gasteiger partial charge in [-0.05, 0) is 49.9 Å². The maximum atomic E-state index is 9.31. The molecule has 1 aromatic heterocycles. The van der Waals surface area contributed by atoms with E-state index in [4.69, 9.17) is 0 Å². The number of rotatable bonds is 5. The van der Waals surface area contributed by atoms with E-state index in [1.54, 1.807) is 0 Å². The Bertz CT molecular complexity index is 402. The van der Waals surface area contributed by atoms with Crippen LogP contribution in [0.1, 0.15) is 24.0 Å². The highest BCUT2D eigenvalue weighted by Gasteiger charge is 2.28. The second-order valence-corrected chi connectivity index (χ2v) is 5.39. The third-order valence-corrected chi connectivity index (χ3v) is 3.59. The lowest BCUT2D eigenvalue weighted by atomic mass is 9.82. The average molecular weight is 249 g/mol. The van der Waals surface area contributed by atoms with Crippen LogP contribution in [0.5, 0.6) is 0 Å². The van der Waals surface area contributed by atoms with Crippen molar-refractivity contribution in [3.8, 4) is 0 Å². The Balaban J connectivity index is 1.99. The Morgan fingerprint density at radius 3 is 2.78 bits per heavy atom. The van der Waals surface area contributed by atoms with E-state index in [1.807, 2.05) is 13.2 Å². The highest BCUT2D eigenvalue weighted by Crippen LogP contribution is 2.29. The summed E-state index contributed by atoms with van der Waals surface area (Å²) in [7, 11) is 4.02. The summed E-state index contributed by atoms with van der Waals surface area (Å²) in [5, 5.41) is 12.4. The molecular formula is C14H23N3O. The topological polar surface area (TPSA) is 48.4 Å². The summed E-state index contributed by atoms with van der Waals surface area (Å²) in [6.07, 6.45) is 3.73. The minimum Gasteiger partial charge on any atom is -0.393 e. The fraction of sp³-hybridized carbons (Fsp3) is 0.643. The molecule has 4 heteroatoms. The van der Waals surface area contributed by atoms with Crippen LogP contribution in [0.2, 0.25) is 0 Å². The Morgan fingerprint density at radius 2 is 2.22 bits per heavy atom. The van der Waals surface area contributed by atoms with E-state index < -0.39 is 0 Å². The van der Waals surface area contributed by atoms with Crippen LogP contribution < -0.4 is 10.2 Å². The van der Waals surface area contributed by atoms with Crippen molar-refractivity contribution in [2.75, 3.05) is 25.5 Å². The smallest absolute Gasteiger partial charge is 0.131 e. The molecule has 18 heavy (non-hydrogen) atoms. The highest BCUT2D eigenvalue weighted by atomic mass is 16.3. The molecule has 0 amide bonds. The van der Waals surface area contributed by atoms with Crippen molar-refractivity contribution in [2.45, 2.75) is 32.4 Å². The third-order valence-electron chi connectivity index (χ3n) is 3.59. The van der Waals surface area contributed by atoms with Gasteiger partial charge in [-0.3, -0.25) is 0 Å². The molecule has 0 saturated heterocycles. The van der Waals surface area contributed by atoms with E-state index in [-0.39, 0.29) is 6.10 Å². The molecule has 0 aromatic carbocycles. The van der Waals surface area contributed by atoms with Crippen molar-refractivity contribution < 1.29 is 5.11 Å². The van der Waals surface area contributed by atoms with E-state index in [0.29, 0.717) is 5.92 Å². The fourth-order valence-electron chi connectivity index (χ4n) is 2.65.